The molecular weight excluding hydrogens is 1140 g/mol. The summed E-state index contributed by atoms with van der Waals surface area (Å²) in [5.41, 5.74) is 24.8. The Labute approximate surface area is 547 Å². The van der Waals surface area contributed by atoms with E-state index < -0.39 is 10.8 Å². The number of nitrogens with zero attached hydrogens (tertiary/aromatic N) is 4. The molecule has 0 spiro atoms. The fraction of sp³-hybridized carbons (Fsp3) is 0.0333. The maximum atomic E-state index is 5.35. The van der Waals surface area contributed by atoms with Crippen molar-refractivity contribution in [1.29, 1.82) is 0 Å². The number of benzene rings is 15. The molecule has 1 aromatic heterocycles. The third-order valence-electron chi connectivity index (χ3n) is 20.0. The van der Waals surface area contributed by atoms with Gasteiger partial charge in [-0.3, -0.25) is 4.57 Å². The maximum Gasteiger partial charge on any atom is 0.111 e. The summed E-state index contributed by atoms with van der Waals surface area (Å²) in [6.45, 7) is 2.13. The van der Waals surface area contributed by atoms with Crippen LogP contribution in [0.2, 0.25) is 0 Å². The maximum absolute atomic E-state index is 5.35. The molecule has 442 valence electrons. The highest BCUT2D eigenvalue weighted by molar-refractivity contribution is 6.22. The third-order valence-corrected chi connectivity index (χ3v) is 20.0. The Bertz CT molecular complexity index is 5190. The van der Waals surface area contributed by atoms with E-state index in [0.717, 1.165) is 112 Å². The van der Waals surface area contributed by atoms with E-state index in [4.69, 9.17) is 4.98 Å². The van der Waals surface area contributed by atoms with Crippen molar-refractivity contribution in [2.24, 2.45) is 0 Å². The van der Waals surface area contributed by atoms with Crippen molar-refractivity contribution < 1.29 is 0 Å². The van der Waals surface area contributed by atoms with E-state index in [0.29, 0.717) is 0 Å². The number of hydrogen-bond acceptors (Lipinski definition) is 3. The highest BCUT2D eigenvalue weighted by Gasteiger charge is 2.49. The van der Waals surface area contributed by atoms with Crippen LogP contribution in [0.4, 0.5) is 34.1 Å². The SMILES string of the molecule is Cc1nc2cccc(-c3c4cccc(-c5cccc6c5N(c5ccccc5)c5ccccc5C6(c5ccccc5)c5ccccc5)c4cc4c(-c5cccc6c5N(c5ccccc5)c5ccccc5C6(c5ccccc5)c5ccccc5)cccc34)c2n1-c1ccccc1. The van der Waals surface area contributed by atoms with Gasteiger partial charge in [-0.1, -0.05) is 297 Å². The number of rotatable bonds is 10. The minimum absolute atomic E-state index is 0.709. The lowest BCUT2D eigenvalue weighted by atomic mass is 9.62. The molecular formula is C90H62N4. The van der Waals surface area contributed by atoms with Crippen molar-refractivity contribution in [2.75, 3.05) is 9.80 Å². The third kappa shape index (κ3) is 8.09. The summed E-state index contributed by atoms with van der Waals surface area (Å²) in [5.74, 6) is 0.926. The number of fused-ring (bicyclic) bond motifs is 7. The van der Waals surface area contributed by atoms with Crippen LogP contribution in [0.5, 0.6) is 0 Å². The first-order chi connectivity index (χ1) is 46.6. The van der Waals surface area contributed by atoms with E-state index in [9.17, 15) is 0 Å². The molecule has 0 N–H and O–H groups in total. The zero-order valence-electron chi connectivity index (χ0n) is 51.9. The minimum Gasteiger partial charge on any atom is -0.309 e. The second-order valence-corrected chi connectivity index (χ2v) is 24.8. The van der Waals surface area contributed by atoms with E-state index in [-0.39, 0.29) is 0 Å². The van der Waals surface area contributed by atoms with Crippen LogP contribution in [-0.2, 0) is 10.8 Å². The Morgan fingerprint density at radius 2 is 0.596 bits per heavy atom. The van der Waals surface area contributed by atoms with Crippen LogP contribution in [0.1, 0.15) is 50.3 Å². The lowest BCUT2D eigenvalue weighted by Crippen LogP contribution is -2.38. The smallest absolute Gasteiger partial charge is 0.111 e. The van der Waals surface area contributed by atoms with E-state index in [1.54, 1.807) is 0 Å². The van der Waals surface area contributed by atoms with Gasteiger partial charge in [0.15, 0.2) is 0 Å². The van der Waals surface area contributed by atoms with Gasteiger partial charge in [-0.05, 0) is 150 Å². The highest BCUT2D eigenvalue weighted by atomic mass is 15.2. The molecule has 94 heavy (non-hydrogen) atoms. The fourth-order valence-corrected chi connectivity index (χ4v) is 16.4. The molecule has 0 fully saturated rings. The predicted molar refractivity (Wildman–Crippen MR) is 390 cm³/mol. The van der Waals surface area contributed by atoms with Gasteiger partial charge >= 0.3 is 0 Å². The largest absolute Gasteiger partial charge is 0.309 e. The molecule has 0 radical (unpaired) electrons. The monoisotopic (exact) mass is 1200 g/mol. The molecule has 2 aliphatic heterocycles. The van der Waals surface area contributed by atoms with Crippen molar-refractivity contribution in [1.82, 2.24) is 9.55 Å². The zero-order chi connectivity index (χ0) is 62.3. The van der Waals surface area contributed by atoms with Crippen LogP contribution < -0.4 is 9.80 Å². The van der Waals surface area contributed by atoms with Crippen molar-refractivity contribution in [2.45, 2.75) is 17.8 Å². The molecule has 15 aromatic carbocycles. The van der Waals surface area contributed by atoms with Gasteiger partial charge in [0.05, 0.1) is 44.6 Å². The van der Waals surface area contributed by atoms with Crippen molar-refractivity contribution in [3.05, 3.63) is 408 Å². The summed E-state index contributed by atoms with van der Waals surface area (Å²) >= 11 is 0. The summed E-state index contributed by atoms with van der Waals surface area (Å²) in [6, 6.07) is 133. The van der Waals surface area contributed by atoms with Gasteiger partial charge in [0.2, 0.25) is 0 Å². The normalized spacial score (nSPS) is 13.5. The summed E-state index contributed by atoms with van der Waals surface area (Å²) in [7, 11) is 0. The average Bonchev–Trinajstić information content (AvgIpc) is 0.810. The molecule has 0 aliphatic carbocycles. The number of aromatic nitrogens is 2. The molecule has 3 heterocycles. The second kappa shape index (κ2) is 22.1. The van der Waals surface area contributed by atoms with Crippen LogP contribution in [-0.4, -0.2) is 9.55 Å². The van der Waals surface area contributed by atoms with Gasteiger partial charge in [-0.15, -0.1) is 0 Å². The van der Waals surface area contributed by atoms with Crippen LogP contribution in [0.15, 0.2) is 358 Å². The lowest BCUT2D eigenvalue weighted by molar-refractivity contribution is 0.731. The van der Waals surface area contributed by atoms with E-state index >= 15 is 0 Å². The lowest BCUT2D eigenvalue weighted by Gasteiger charge is -2.47. The first-order valence-electron chi connectivity index (χ1n) is 32.5. The van der Waals surface area contributed by atoms with E-state index in [2.05, 4.69) is 379 Å². The van der Waals surface area contributed by atoms with Gasteiger partial charge in [0.1, 0.15) is 5.82 Å². The molecule has 18 rings (SSSR count). The van der Waals surface area contributed by atoms with Gasteiger partial charge in [-0.25, -0.2) is 4.98 Å². The number of para-hydroxylation sites is 8. The molecule has 0 bridgehead atoms. The van der Waals surface area contributed by atoms with Gasteiger partial charge in [0.25, 0.3) is 0 Å². The van der Waals surface area contributed by atoms with Crippen LogP contribution in [0.3, 0.4) is 0 Å². The number of imidazole rings is 1. The van der Waals surface area contributed by atoms with Crippen molar-refractivity contribution in [3.8, 4) is 39.1 Å². The van der Waals surface area contributed by atoms with Crippen molar-refractivity contribution in [3.63, 3.8) is 0 Å². The Morgan fingerprint density at radius 3 is 1.02 bits per heavy atom. The average molecular weight is 1200 g/mol. The summed E-state index contributed by atoms with van der Waals surface area (Å²) < 4.78 is 2.36. The molecule has 2 aliphatic rings. The Hall–Kier alpha value is -12.1. The topological polar surface area (TPSA) is 24.3 Å². The molecule has 0 amide bonds. The Kier molecular flexibility index (Phi) is 12.9. The quantitative estimate of drug-likeness (QED) is 0.128. The number of hydrogen-bond donors (Lipinski definition) is 0. The number of aryl methyl sites for hydroxylation is 1. The molecule has 0 saturated heterocycles. The molecule has 0 unspecified atom stereocenters. The van der Waals surface area contributed by atoms with Gasteiger partial charge in [-0.2, -0.15) is 0 Å². The fourth-order valence-electron chi connectivity index (χ4n) is 16.4. The molecule has 4 heteroatoms. The number of anilines is 6. The highest BCUT2D eigenvalue weighted by Crippen LogP contribution is 2.63. The molecule has 0 atom stereocenters. The van der Waals surface area contributed by atoms with Gasteiger partial charge in [0, 0.05) is 33.8 Å². The van der Waals surface area contributed by atoms with E-state index in [1.165, 1.54) is 44.5 Å². The standard InChI is InChI=1S/C90H62N4/c1-61-91-82-57-31-52-75(88(82)92(61)66-40-17-6-18-41-66)85-71-48-27-46-69(73-50-29-55-80-86(73)93(67-42-19-7-20-43-67)83-58-25-23-53-78(83)89(80,62-32-9-2-10-33-62)63-34-11-3-12-35-63)76(71)60-77-70(47-28-49-72(77)85)74-51-30-56-81-87(74)94(68-44-21-8-22-45-68)84-59-26-24-54-79(84)90(81,64-36-13-4-14-37-64)65-38-15-5-16-39-65/h2-60H,1H3. The van der Waals surface area contributed by atoms with Crippen LogP contribution in [0.25, 0.3) is 71.6 Å². The second-order valence-electron chi connectivity index (χ2n) is 24.8. The van der Waals surface area contributed by atoms with E-state index in [1.807, 2.05) is 0 Å². The van der Waals surface area contributed by atoms with Crippen LogP contribution in [0, 0.1) is 6.92 Å². The molecule has 4 nitrogen and oxygen atoms in total. The zero-order valence-corrected chi connectivity index (χ0v) is 51.9. The first kappa shape index (κ1) is 54.8. The first-order valence-corrected chi connectivity index (χ1v) is 32.5. The van der Waals surface area contributed by atoms with Crippen LogP contribution >= 0.6 is 0 Å². The summed E-state index contributed by atoms with van der Waals surface area (Å²) in [6.07, 6.45) is 0. The summed E-state index contributed by atoms with van der Waals surface area (Å²) in [4.78, 5) is 10.4. The molecule has 16 aromatic rings. The molecule has 0 saturated carbocycles. The summed E-state index contributed by atoms with van der Waals surface area (Å²) in [5, 5.41) is 4.57. The minimum atomic E-state index is -0.709. The Balaban J connectivity index is 1.00. The Morgan fingerprint density at radius 1 is 0.266 bits per heavy atom. The van der Waals surface area contributed by atoms with Crippen molar-refractivity contribution >= 4 is 66.7 Å². The predicted octanol–water partition coefficient (Wildman–Crippen LogP) is 23.0. The van der Waals surface area contributed by atoms with Gasteiger partial charge < -0.3 is 9.80 Å².